The van der Waals surface area contributed by atoms with E-state index in [-0.39, 0.29) is 11.8 Å². The molecule has 1 amide bonds. The standard InChI is InChI=1S/C20H22Cl2N2O/c1-14-17(21)9-4-10-19(14)23-20(25)16-7-5-11-24(13-16)12-15-6-2-3-8-18(15)22/h2-4,6,8-10,16H,5,7,11-13H2,1H3,(H,23,25)/t16-/m0/s1. The second-order valence-electron chi connectivity index (χ2n) is 6.57. The molecule has 0 saturated carbocycles. The number of carbonyl (C=O) groups is 1. The molecule has 0 aliphatic carbocycles. The van der Waals surface area contributed by atoms with E-state index in [2.05, 4.69) is 10.2 Å². The zero-order valence-electron chi connectivity index (χ0n) is 14.3. The fourth-order valence-corrected chi connectivity index (χ4v) is 3.63. The Morgan fingerprint density at radius 3 is 2.72 bits per heavy atom. The van der Waals surface area contributed by atoms with Crippen LogP contribution in [-0.4, -0.2) is 23.9 Å². The highest BCUT2D eigenvalue weighted by atomic mass is 35.5. The molecule has 1 N–H and O–H groups in total. The molecule has 1 heterocycles. The van der Waals surface area contributed by atoms with E-state index in [0.29, 0.717) is 5.02 Å². The predicted octanol–water partition coefficient (Wildman–Crippen LogP) is 5.15. The summed E-state index contributed by atoms with van der Waals surface area (Å²) in [5.41, 5.74) is 2.80. The molecule has 1 fully saturated rings. The molecule has 0 radical (unpaired) electrons. The quantitative estimate of drug-likeness (QED) is 0.799. The number of halogens is 2. The lowest BCUT2D eigenvalue weighted by atomic mass is 9.96. The summed E-state index contributed by atoms with van der Waals surface area (Å²) in [6.07, 6.45) is 1.92. The van der Waals surface area contributed by atoms with Crippen molar-refractivity contribution in [3.8, 4) is 0 Å². The Balaban J connectivity index is 1.63. The van der Waals surface area contributed by atoms with E-state index in [0.717, 1.165) is 54.3 Å². The maximum Gasteiger partial charge on any atom is 0.228 e. The Bertz CT molecular complexity index is 763. The van der Waals surface area contributed by atoms with Crippen molar-refractivity contribution in [3.63, 3.8) is 0 Å². The van der Waals surface area contributed by atoms with E-state index in [1.165, 1.54) is 0 Å². The average Bonchev–Trinajstić information content (AvgIpc) is 2.61. The van der Waals surface area contributed by atoms with E-state index in [4.69, 9.17) is 23.2 Å². The van der Waals surface area contributed by atoms with Gasteiger partial charge in [-0.3, -0.25) is 9.69 Å². The first-order chi connectivity index (χ1) is 12.0. The summed E-state index contributed by atoms with van der Waals surface area (Å²) in [7, 11) is 0. The highest BCUT2D eigenvalue weighted by Crippen LogP contribution is 2.26. The van der Waals surface area contributed by atoms with E-state index in [9.17, 15) is 4.79 Å². The number of rotatable bonds is 4. The highest BCUT2D eigenvalue weighted by Gasteiger charge is 2.26. The van der Waals surface area contributed by atoms with Gasteiger partial charge in [-0.25, -0.2) is 0 Å². The minimum Gasteiger partial charge on any atom is -0.326 e. The normalized spacial score (nSPS) is 18.1. The van der Waals surface area contributed by atoms with Crippen molar-refractivity contribution < 1.29 is 4.79 Å². The smallest absolute Gasteiger partial charge is 0.228 e. The number of nitrogens with one attached hydrogen (secondary N) is 1. The van der Waals surface area contributed by atoms with Gasteiger partial charge in [-0.2, -0.15) is 0 Å². The van der Waals surface area contributed by atoms with Crippen molar-refractivity contribution in [3.05, 3.63) is 63.6 Å². The van der Waals surface area contributed by atoms with Gasteiger partial charge in [0.05, 0.1) is 5.92 Å². The van der Waals surface area contributed by atoms with Crippen LogP contribution in [0.2, 0.25) is 10.0 Å². The molecular formula is C20H22Cl2N2O. The second kappa shape index (κ2) is 8.22. The number of hydrogen-bond donors (Lipinski definition) is 1. The Morgan fingerprint density at radius 1 is 1.16 bits per heavy atom. The van der Waals surface area contributed by atoms with Crippen LogP contribution in [0.3, 0.4) is 0 Å². The van der Waals surface area contributed by atoms with Gasteiger partial charge in [-0.15, -0.1) is 0 Å². The third kappa shape index (κ3) is 4.55. The van der Waals surface area contributed by atoms with Crippen molar-refractivity contribution in [2.75, 3.05) is 18.4 Å². The Hall–Kier alpha value is -1.55. The predicted molar refractivity (Wildman–Crippen MR) is 104 cm³/mol. The number of benzene rings is 2. The van der Waals surface area contributed by atoms with Crippen molar-refractivity contribution >= 4 is 34.8 Å². The topological polar surface area (TPSA) is 32.3 Å². The van der Waals surface area contributed by atoms with E-state index < -0.39 is 0 Å². The monoisotopic (exact) mass is 376 g/mol. The minimum atomic E-state index is -0.0189. The fourth-order valence-electron chi connectivity index (χ4n) is 3.26. The van der Waals surface area contributed by atoms with E-state index in [1.54, 1.807) is 0 Å². The summed E-state index contributed by atoms with van der Waals surface area (Å²) in [6.45, 7) is 4.43. The maximum absolute atomic E-state index is 12.7. The second-order valence-corrected chi connectivity index (χ2v) is 7.38. The van der Waals surface area contributed by atoms with Crippen LogP contribution in [0.1, 0.15) is 24.0 Å². The third-order valence-electron chi connectivity index (χ3n) is 4.75. The molecule has 2 aromatic carbocycles. The van der Waals surface area contributed by atoms with Crippen LogP contribution in [0.5, 0.6) is 0 Å². The molecule has 25 heavy (non-hydrogen) atoms. The van der Waals surface area contributed by atoms with Crippen LogP contribution in [0.15, 0.2) is 42.5 Å². The first-order valence-electron chi connectivity index (χ1n) is 8.56. The molecule has 0 spiro atoms. The third-order valence-corrected chi connectivity index (χ3v) is 5.53. The molecule has 132 valence electrons. The fraction of sp³-hybridized carbons (Fsp3) is 0.350. The lowest BCUT2D eigenvalue weighted by molar-refractivity contribution is -0.121. The molecule has 5 heteroatoms. The Kier molecular flexibility index (Phi) is 6.00. The molecule has 1 atom stereocenters. The highest BCUT2D eigenvalue weighted by molar-refractivity contribution is 6.32. The number of anilines is 1. The van der Waals surface area contributed by atoms with Crippen LogP contribution in [0.4, 0.5) is 5.69 Å². The van der Waals surface area contributed by atoms with Gasteiger partial charge < -0.3 is 5.32 Å². The minimum absolute atomic E-state index is 0.0189. The number of likely N-dealkylation sites (tertiary alicyclic amines) is 1. The molecule has 0 aromatic heterocycles. The molecular weight excluding hydrogens is 355 g/mol. The molecule has 3 nitrogen and oxygen atoms in total. The first kappa shape index (κ1) is 18.2. The largest absolute Gasteiger partial charge is 0.326 e. The zero-order valence-corrected chi connectivity index (χ0v) is 15.8. The number of piperidine rings is 1. The van der Waals surface area contributed by atoms with Crippen molar-refractivity contribution in [1.82, 2.24) is 4.90 Å². The summed E-state index contributed by atoms with van der Waals surface area (Å²) in [4.78, 5) is 15.0. The van der Waals surface area contributed by atoms with E-state index >= 15 is 0 Å². The van der Waals surface area contributed by atoms with Gasteiger partial charge in [0, 0.05) is 28.8 Å². The number of nitrogens with zero attached hydrogens (tertiary/aromatic N) is 1. The maximum atomic E-state index is 12.7. The van der Waals surface area contributed by atoms with Crippen LogP contribution < -0.4 is 5.32 Å². The lowest BCUT2D eigenvalue weighted by Crippen LogP contribution is -2.40. The van der Waals surface area contributed by atoms with Crippen molar-refractivity contribution in [1.29, 1.82) is 0 Å². The molecule has 1 aliphatic rings. The lowest BCUT2D eigenvalue weighted by Gasteiger charge is -2.32. The van der Waals surface area contributed by atoms with Gasteiger partial charge in [0.25, 0.3) is 0 Å². The molecule has 3 rings (SSSR count). The summed E-state index contributed by atoms with van der Waals surface area (Å²) in [5.74, 6) is 0.0452. The summed E-state index contributed by atoms with van der Waals surface area (Å²) in [6, 6.07) is 13.5. The number of hydrogen-bond acceptors (Lipinski definition) is 2. The van der Waals surface area contributed by atoms with Crippen LogP contribution in [0, 0.1) is 12.8 Å². The number of amides is 1. The average molecular weight is 377 g/mol. The van der Waals surface area contributed by atoms with Crippen LogP contribution in [0.25, 0.3) is 0 Å². The molecule has 2 aromatic rings. The van der Waals surface area contributed by atoms with Crippen LogP contribution in [-0.2, 0) is 11.3 Å². The summed E-state index contributed by atoms with van der Waals surface area (Å²) < 4.78 is 0. The SMILES string of the molecule is Cc1c(Cl)cccc1NC(=O)[C@H]1CCCN(Cc2ccccc2Cl)C1. The molecule has 0 bridgehead atoms. The van der Waals surface area contributed by atoms with Gasteiger partial charge in [0.1, 0.15) is 0 Å². The van der Waals surface area contributed by atoms with Gasteiger partial charge >= 0.3 is 0 Å². The van der Waals surface area contributed by atoms with Crippen molar-refractivity contribution in [2.24, 2.45) is 5.92 Å². The Labute approximate surface area is 158 Å². The molecule has 1 saturated heterocycles. The van der Waals surface area contributed by atoms with Gasteiger partial charge in [0.15, 0.2) is 0 Å². The van der Waals surface area contributed by atoms with Crippen LogP contribution >= 0.6 is 23.2 Å². The van der Waals surface area contributed by atoms with Gasteiger partial charge in [-0.1, -0.05) is 47.5 Å². The summed E-state index contributed by atoms with van der Waals surface area (Å²) in [5, 5.41) is 4.49. The number of carbonyl (C=O) groups excluding carboxylic acids is 1. The van der Waals surface area contributed by atoms with E-state index in [1.807, 2.05) is 49.4 Å². The van der Waals surface area contributed by atoms with Crippen molar-refractivity contribution in [2.45, 2.75) is 26.3 Å². The molecule has 0 unspecified atom stereocenters. The van der Waals surface area contributed by atoms with Gasteiger partial charge in [-0.05, 0) is 55.6 Å². The molecule has 1 aliphatic heterocycles. The summed E-state index contributed by atoms with van der Waals surface area (Å²) >= 11 is 12.4. The van der Waals surface area contributed by atoms with Gasteiger partial charge in [0.2, 0.25) is 5.91 Å². The zero-order chi connectivity index (χ0) is 17.8. The Morgan fingerprint density at radius 2 is 1.92 bits per heavy atom. The first-order valence-corrected chi connectivity index (χ1v) is 9.32.